The molecule has 0 unspecified atom stereocenters. The molecule has 0 radical (unpaired) electrons. The molecule has 39 heavy (non-hydrogen) atoms. The van der Waals surface area contributed by atoms with Crippen molar-refractivity contribution in [3.63, 3.8) is 0 Å². The van der Waals surface area contributed by atoms with Crippen LogP contribution in [0, 0.1) is 0 Å². The van der Waals surface area contributed by atoms with Gasteiger partial charge in [0.25, 0.3) is 0 Å². The van der Waals surface area contributed by atoms with Crippen LogP contribution in [0.4, 0.5) is 5.82 Å². The molecule has 2 aromatic carbocycles. The van der Waals surface area contributed by atoms with Gasteiger partial charge in [0, 0.05) is 25.8 Å². The smallest absolute Gasteiger partial charge is 0.335 e. The van der Waals surface area contributed by atoms with E-state index in [2.05, 4.69) is 9.88 Å². The molecule has 2 saturated heterocycles. The largest absolute Gasteiger partial charge is 0.478 e. The molecule has 6 rings (SSSR count). The summed E-state index contributed by atoms with van der Waals surface area (Å²) in [6.45, 7) is 3.56. The highest BCUT2D eigenvalue weighted by Crippen LogP contribution is 2.25. The first kappa shape index (κ1) is 25.0. The second-order valence-electron chi connectivity index (χ2n) is 9.79. The number of carbonyl (C=O) groups excluding carboxylic acids is 1. The number of benzene rings is 2. The van der Waals surface area contributed by atoms with Crippen LogP contribution in [0.25, 0.3) is 11.0 Å². The predicted octanol–water partition coefficient (Wildman–Crippen LogP) is 3.35. The first-order valence-electron chi connectivity index (χ1n) is 13.0. The van der Waals surface area contributed by atoms with Gasteiger partial charge in [0.05, 0.1) is 42.3 Å². The zero-order valence-corrected chi connectivity index (χ0v) is 21.4. The fraction of sp³-hybridized carbons (Fsp3) is 0.310. The normalized spacial score (nSPS) is 17.8. The molecule has 0 aliphatic carbocycles. The van der Waals surface area contributed by atoms with Gasteiger partial charge in [-0.3, -0.25) is 14.6 Å². The number of ether oxygens (including phenoxy) is 2. The lowest BCUT2D eigenvalue weighted by Gasteiger charge is -2.34. The Bertz CT molecular complexity index is 1500. The van der Waals surface area contributed by atoms with E-state index in [1.807, 2.05) is 47.0 Å². The summed E-state index contributed by atoms with van der Waals surface area (Å²) in [6, 6.07) is 20.3. The van der Waals surface area contributed by atoms with Crippen LogP contribution in [0.5, 0.6) is 5.88 Å². The first-order valence-corrected chi connectivity index (χ1v) is 13.0. The minimum atomic E-state index is -0.976. The van der Waals surface area contributed by atoms with Crippen molar-refractivity contribution in [1.29, 1.82) is 0 Å². The number of fused-ring (bicyclic) bond motifs is 1. The molecule has 10 nitrogen and oxygen atoms in total. The molecule has 0 saturated carbocycles. The lowest BCUT2D eigenvalue weighted by molar-refractivity contribution is -0.121. The summed E-state index contributed by atoms with van der Waals surface area (Å²) in [5, 5.41) is 9.47. The summed E-state index contributed by atoms with van der Waals surface area (Å²) < 4.78 is 13.5. The number of carboxylic acids is 1. The summed E-state index contributed by atoms with van der Waals surface area (Å²) >= 11 is 0. The molecular formula is C29H29N5O5. The van der Waals surface area contributed by atoms with Gasteiger partial charge in [-0.2, -0.15) is 4.98 Å². The summed E-state index contributed by atoms with van der Waals surface area (Å²) in [4.78, 5) is 37.9. The number of piperazine rings is 1. The molecule has 2 aliphatic rings. The number of carbonyl (C=O) groups is 2. The molecule has 0 bridgehead atoms. The number of hydrogen-bond acceptors (Lipinski definition) is 7. The molecule has 10 heteroatoms. The van der Waals surface area contributed by atoms with Crippen LogP contribution in [-0.4, -0.2) is 68.8 Å². The number of rotatable bonds is 9. The highest BCUT2D eigenvalue weighted by atomic mass is 16.5. The molecule has 0 spiro atoms. The van der Waals surface area contributed by atoms with Crippen molar-refractivity contribution in [3.05, 3.63) is 83.7 Å². The summed E-state index contributed by atoms with van der Waals surface area (Å²) in [5.41, 5.74) is 2.76. The first-order chi connectivity index (χ1) is 19.0. The molecule has 1 amide bonds. The van der Waals surface area contributed by atoms with Gasteiger partial charge in [0.15, 0.2) is 0 Å². The van der Waals surface area contributed by atoms with E-state index in [0.717, 1.165) is 35.4 Å². The lowest BCUT2D eigenvalue weighted by atomic mass is 10.1. The summed E-state index contributed by atoms with van der Waals surface area (Å²) in [7, 11) is 0. The number of aromatic nitrogens is 3. The van der Waals surface area contributed by atoms with E-state index in [-0.39, 0.29) is 24.1 Å². The SMILES string of the molecule is O=C(O)c1ccc2nc(CN3CCN(c4cccc(OCc5ccccc5)n4)C(=O)C3)n(C[C@@H]3CCO3)c2c1. The molecule has 4 heterocycles. The number of aromatic carboxylic acids is 1. The van der Waals surface area contributed by atoms with Gasteiger partial charge >= 0.3 is 5.97 Å². The fourth-order valence-electron chi connectivity index (χ4n) is 4.93. The average molecular weight is 528 g/mol. The second-order valence-corrected chi connectivity index (χ2v) is 9.79. The van der Waals surface area contributed by atoms with Crippen LogP contribution >= 0.6 is 0 Å². The van der Waals surface area contributed by atoms with E-state index >= 15 is 0 Å². The van der Waals surface area contributed by atoms with Gasteiger partial charge in [-0.25, -0.2) is 9.78 Å². The van der Waals surface area contributed by atoms with E-state index in [9.17, 15) is 14.7 Å². The Kier molecular flexibility index (Phi) is 6.95. The number of pyridine rings is 1. The highest BCUT2D eigenvalue weighted by Gasteiger charge is 2.28. The van der Waals surface area contributed by atoms with Crippen LogP contribution in [0.15, 0.2) is 66.7 Å². The molecule has 2 aromatic heterocycles. The van der Waals surface area contributed by atoms with Gasteiger partial charge in [-0.05, 0) is 36.2 Å². The van der Waals surface area contributed by atoms with E-state index in [1.54, 1.807) is 29.2 Å². The number of hydrogen-bond donors (Lipinski definition) is 1. The van der Waals surface area contributed by atoms with Crippen LogP contribution < -0.4 is 9.64 Å². The Morgan fingerprint density at radius 3 is 2.64 bits per heavy atom. The maximum absolute atomic E-state index is 13.2. The minimum Gasteiger partial charge on any atom is -0.478 e. The number of carboxylic acid groups (broad SMARTS) is 1. The second kappa shape index (κ2) is 10.8. The van der Waals surface area contributed by atoms with Gasteiger partial charge in [0.1, 0.15) is 18.2 Å². The standard InChI is InChI=1S/C29H29N5O5/c35-28-18-32(12-13-33(28)25-7-4-8-27(31-25)39-19-20-5-2-1-3-6-20)17-26-30-23-10-9-21(29(36)37)15-24(23)34(26)16-22-11-14-38-22/h1-10,15,22H,11-14,16-19H2,(H,36,37)/t22-/m0/s1. The Morgan fingerprint density at radius 2 is 1.90 bits per heavy atom. The predicted molar refractivity (Wildman–Crippen MR) is 144 cm³/mol. The molecule has 2 fully saturated rings. The maximum Gasteiger partial charge on any atom is 0.335 e. The molecular weight excluding hydrogens is 498 g/mol. The number of nitrogens with zero attached hydrogens (tertiary/aromatic N) is 5. The van der Waals surface area contributed by atoms with Gasteiger partial charge in [-0.1, -0.05) is 36.4 Å². The third kappa shape index (κ3) is 5.47. The van der Waals surface area contributed by atoms with Crippen molar-refractivity contribution in [3.8, 4) is 5.88 Å². The van der Waals surface area contributed by atoms with Crippen LogP contribution in [0.3, 0.4) is 0 Å². The minimum absolute atomic E-state index is 0.0490. The number of imidazole rings is 1. The quantitative estimate of drug-likeness (QED) is 0.353. The van der Waals surface area contributed by atoms with E-state index in [0.29, 0.717) is 44.5 Å². The molecule has 200 valence electrons. The Hall–Kier alpha value is -4.28. The van der Waals surface area contributed by atoms with Crippen molar-refractivity contribution < 1.29 is 24.2 Å². The van der Waals surface area contributed by atoms with Gasteiger partial charge in [-0.15, -0.1) is 0 Å². The van der Waals surface area contributed by atoms with Crippen molar-refractivity contribution in [2.24, 2.45) is 0 Å². The average Bonchev–Trinajstić information content (AvgIpc) is 3.26. The van der Waals surface area contributed by atoms with Crippen molar-refractivity contribution in [2.75, 3.05) is 31.1 Å². The van der Waals surface area contributed by atoms with Crippen LogP contribution in [0.2, 0.25) is 0 Å². The molecule has 4 aromatic rings. The molecule has 2 aliphatic heterocycles. The monoisotopic (exact) mass is 527 g/mol. The van der Waals surface area contributed by atoms with E-state index in [4.69, 9.17) is 14.5 Å². The third-order valence-electron chi connectivity index (χ3n) is 7.13. The van der Waals surface area contributed by atoms with Gasteiger partial charge < -0.3 is 19.1 Å². The van der Waals surface area contributed by atoms with E-state index in [1.165, 1.54) is 0 Å². The highest BCUT2D eigenvalue weighted by molar-refractivity contribution is 5.95. The lowest BCUT2D eigenvalue weighted by Crippen LogP contribution is -2.50. The Balaban J connectivity index is 1.15. The fourth-order valence-corrected chi connectivity index (χ4v) is 4.93. The maximum atomic E-state index is 13.2. The molecule has 1 N–H and O–H groups in total. The number of amides is 1. The van der Waals surface area contributed by atoms with Crippen molar-refractivity contribution in [2.45, 2.75) is 32.2 Å². The topological polar surface area (TPSA) is 110 Å². The zero-order chi connectivity index (χ0) is 26.8. The van der Waals surface area contributed by atoms with Crippen molar-refractivity contribution >= 4 is 28.7 Å². The van der Waals surface area contributed by atoms with Gasteiger partial charge in [0.2, 0.25) is 11.8 Å². The third-order valence-corrected chi connectivity index (χ3v) is 7.13. The van der Waals surface area contributed by atoms with Crippen LogP contribution in [0.1, 0.15) is 28.2 Å². The summed E-state index contributed by atoms with van der Waals surface area (Å²) in [6.07, 6.45) is 1.03. The number of anilines is 1. The molecule has 1 atom stereocenters. The van der Waals surface area contributed by atoms with Crippen molar-refractivity contribution in [1.82, 2.24) is 19.4 Å². The Labute approximate surface area is 225 Å². The van der Waals surface area contributed by atoms with E-state index < -0.39 is 5.97 Å². The Morgan fingerprint density at radius 1 is 1.05 bits per heavy atom. The zero-order valence-electron chi connectivity index (χ0n) is 21.4. The summed E-state index contributed by atoms with van der Waals surface area (Å²) in [5.74, 6) is 0.807. The van der Waals surface area contributed by atoms with Crippen LogP contribution in [-0.2, 0) is 29.2 Å².